The van der Waals surface area contributed by atoms with Crippen molar-refractivity contribution in [1.29, 1.82) is 0 Å². The van der Waals surface area contributed by atoms with Crippen molar-refractivity contribution in [1.82, 2.24) is 10.2 Å². The number of carbonyl (C=O) groups excluding carboxylic acids is 3. The van der Waals surface area contributed by atoms with E-state index in [2.05, 4.69) is 5.32 Å². The zero-order chi connectivity index (χ0) is 19.4. The normalized spacial score (nSPS) is 16.7. The van der Waals surface area contributed by atoms with Gasteiger partial charge in [0.05, 0.1) is 5.69 Å². The van der Waals surface area contributed by atoms with Crippen LogP contribution in [0.5, 0.6) is 0 Å². The minimum absolute atomic E-state index is 0.252. The highest BCUT2D eigenvalue weighted by Crippen LogP contribution is 2.27. The molecule has 0 saturated carbocycles. The number of hydrogen-bond acceptors (Lipinski definition) is 4. The quantitative estimate of drug-likeness (QED) is 0.744. The monoisotopic (exact) mass is 385 g/mol. The third kappa shape index (κ3) is 3.93. The molecule has 0 aliphatic carbocycles. The summed E-state index contributed by atoms with van der Waals surface area (Å²) in [6.07, 6.45) is 2.52. The van der Waals surface area contributed by atoms with Gasteiger partial charge in [-0.1, -0.05) is 36.4 Å². The van der Waals surface area contributed by atoms with Gasteiger partial charge in [0, 0.05) is 11.9 Å². The van der Waals surface area contributed by atoms with Gasteiger partial charge in [-0.2, -0.15) is 11.8 Å². The van der Waals surface area contributed by atoms with Crippen molar-refractivity contribution < 1.29 is 14.4 Å². The van der Waals surface area contributed by atoms with E-state index in [1.165, 1.54) is 0 Å². The lowest BCUT2D eigenvalue weighted by molar-refractivity contribution is -0.131. The van der Waals surface area contributed by atoms with Crippen LogP contribution in [0.15, 0.2) is 42.5 Å². The van der Waals surface area contributed by atoms with Crippen LogP contribution in [0.4, 0.5) is 10.5 Å². The maximum Gasteiger partial charge on any atom is 0.325 e. The van der Waals surface area contributed by atoms with Crippen molar-refractivity contribution in [3.63, 3.8) is 0 Å². The summed E-state index contributed by atoms with van der Waals surface area (Å²) >= 11 is 1.62. The highest BCUT2D eigenvalue weighted by Gasteiger charge is 2.39. The van der Waals surface area contributed by atoms with Crippen molar-refractivity contribution in [2.24, 2.45) is 0 Å². The lowest BCUT2D eigenvalue weighted by Crippen LogP contribution is -2.43. The van der Waals surface area contributed by atoms with Crippen LogP contribution < -0.4 is 10.2 Å². The molecule has 142 valence electrons. The average molecular weight is 385 g/mol. The number of benzene rings is 2. The Kier molecular flexibility index (Phi) is 6.01. The first kappa shape index (κ1) is 19.2. The summed E-state index contributed by atoms with van der Waals surface area (Å²) in [6.45, 7) is 2.08. The molecule has 1 aliphatic rings. The van der Waals surface area contributed by atoms with Gasteiger partial charge in [-0.3, -0.25) is 14.5 Å². The maximum atomic E-state index is 12.9. The number of nitrogens with one attached hydrogen (secondary N) is 1. The summed E-state index contributed by atoms with van der Waals surface area (Å²) in [5.74, 6) is 0.175. The number of rotatable bonds is 7. The fourth-order valence-corrected chi connectivity index (χ4v) is 3.77. The summed E-state index contributed by atoms with van der Waals surface area (Å²) in [5, 5.41) is 4.67. The highest BCUT2D eigenvalue weighted by molar-refractivity contribution is 7.98. The van der Waals surface area contributed by atoms with Crippen molar-refractivity contribution in [2.45, 2.75) is 19.4 Å². The van der Waals surface area contributed by atoms with Crippen LogP contribution in [0, 0.1) is 0 Å². The van der Waals surface area contributed by atoms with Crippen molar-refractivity contribution in [2.75, 3.05) is 30.0 Å². The second-order valence-corrected chi connectivity index (χ2v) is 7.33. The predicted octanol–water partition coefficient (Wildman–Crippen LogP) is 2.87. The predicted molar refractivity (Wildman–Crippen MR) is 109 cm³/mol. The molecule has 4 amide bonds. The Labute approximate surface area is 162 Å². The van der Waals surface area contributed by atoms with Crippen LogP contribution in [0.1, 0.15) is 13.3 Å². The third-order valence-corrected chi connectivity index (χ3v) is 5.33. The largest absolute Gasteiger partial charge is 0.326 e. The molecule has 7 heteroatoms. The number of amides is 4. The number of nitrogens with zero attached hydrogens (tertiary/aromatic N) is 2. The summed E-state index contributed by atoms with van der Waals surface area (Å²) in [4.78, 5) is 40.2. The van der Waals surface area contributed by atoms with Gasteiger partial charge >= 0.3 is 6.03 Å². The van der Waals surface area contributed by atoms with Crippen LogP contribution in [-0.2, 0) is 9.59 Å². The standard InChI is InChI=1S/C20H23N3O3S/c1-3-22(17-10-6-8-14-7-4-5-9-15(14)17)18(24)13-23-19(25)16(11-12-27-2)21-20(23)26/h4-10,16H,3,11-13H2,1-2H3,(H,21,26). The van der Waals surface area contributed by atoms with Crippen molar-refractivity contribution in [3.8, 4) is 0 Å². The first-order valence-electron chi connectivity index (χ1n) is 8.95. The van der Waals surface area contributed by atoms with E-state index in [-0.39, 0.29) is 18.4 Å². The molecular formula is C20H23N3O3S. The average Bonchev–Trinajstić information content (AvgIpc) is 2.94. The van der Waals surface area contributed by atoms with Gasteiger partial charge in [0.2, 0.25) is 5.91 Å². The Morgan fingerprint density at radius 1 is 1.19 bits per heavy atom. The van der Waals surface area contributed by atoms with E-state index in [1.54, 1.807) is 16.7 Å². The van der Waals surface area contributed by atoms with E-state index in [4.69, 9.17) is 0 Å². The maximum absolute atomic E-state index is 12.9. The molecule has 0 bridgehead atoms. The van der Waals surface area contributed by atoms with Gasteiger partial charge in [0.1, 0.15) is 12.6 Å². The van der Waals surface area contributed by atoms with E-state index in [1.807, 2.05) is 55.6 Å². The SMILES string of the molecule is CCN(C(=O)CN1C(=O)NC(CCSC)C1=O)c1cccc2ccccc12. The first-order valence-corrected chi connectivity index (χ1v) is 10.3. The molecule has 0 spiro atoms. The molecule has 1 atom stereocenters. The zero-order valence-electron chi connectivity index (χ0n) is 15.5. The minimum Gasteiger partial charge on any atom is -0.326 e. The van der Waals surface area contributed by atoms with E-state index in [0.717, 1.165) is 27.1 Å². The second-order valence-electron chi connectivity index (χ2n) is 6.34. The van der Waals surface area contributed by atoms with Crippen molar-refractivity contribution >= 4 is 46.1 Å². The number of urea groups is 1. The molecule has 6 nitrogen and oxygen atoms in total. The van der Waals surface area contributed by atoms with E-state index >= 15 is 0 Å². The Morgan fingerprint density at radius 2 is 1.93 bits per heavy atom. The number of carbonyl (C=O) groups is 3. The smallest absolute Gasteiger partial charge is 0.325 e. The first-order chi connectivity index (χ1) is 13.1. The van der Waals surface area contributed by atoms with E-state index < -0.39 is 12.1 Å². The van der Waals surface area contributed by atoms with Crippen LogP contribution in [0.2, 0.25) is 0 Å². The summed E-state index contributed by atoms with van der Waals surface area (Å²) in [6, 6.07) is 12.6. The van der Waals surface area contributed by atoms with Gasteiger partial charge in [0.25, 0.3) is 5.91 Å². The summed E-state index contributed by atoms with van der Waals surface area (Å²) < 4.78 is 0. The Morgan fingerprint density at radius 3 is 2.67 bits per heavy atom. The Hall–Kier alpha value is -2.54. The van der Waals surface area contributed by atoms with E-state index in [9.17, 15) is 14.4 Å². The Bertz CT molecular complexity index is 865. The van der Waals surface area contributed by atoms with Gasteiger partial charge in [-0.15, -0.1) is 0 Å². The molecule has 3 rings (SSSR count). The molecule has 0 radical (unpaired) electrons. The van der Waals surface area contributed by atoms with Gasteiger partial charge in [0.15, 0.2) is 0 Å². The number of imide groups is 1. The van der Waals surface area contributed by atoms with E-state index in [0.29, 0.717) is 13.0 Å². The molecule has 2 aromatic carbocycles. The molecule has 1 N–H and O–H groups in total. The molecule has 1 aliphatic heterocycles. The Balaban J connectivity index is 1.80. The third-order valence-electron chi connectivity index (χ3n) is 4.69. The molecule has 1 unspecified atom stereocenters. The number of likely N-dealkylation sites (N-methyl/N-ethyl adjacent to an activating group) is 1. The number of thioether (sulfide) groups is 1. The fourth-order valence-electron chi connectivity index (χ4n) is 3.30. The van der Waals surface area contributed by atoms with Crippen LogP contribution >= 0.6 is 11.8 Å². The van der Waals surface area contributed by atoms with Crippen LogP contribution in [-0.4, -0.2) is 53.9 Å². The molecule has 0 aromatic heterocycles. The van der Waals surface area contributed by atoms with Gasteiger partial charge < -0.3 is 10.2 Å². The molecule has 27 heavy (non-hydrogen) atoms. The number of fused-ring (bicyclic) bond motifs is 1. The zero-order valence-corrected chi connectivity index (χ0v) is 16.3. The molecule has 1 saturated heterocycles. The second kappa shape index (κ2) is 8.43. The lowest BCUT2D eigenvalue weighted by Gasteiger charge is -2.24. The lowest BCUT2D eigenvalue weighted by atomic mass is 10.1. The highest BCUT2D eigenvalue weighted by atomic mass is 32.2. The molecule has 2 aromatic rings. The minimum atomic E-state index is -0.537. The van der Waals surface area contributed by atoms with Gasteiger partial charge in [-0.05, 0) is 36.8 Å². The topological polar surface area (TPSA) is 69.7 Å². The number of anilines is 1. The molecule has 1 heterocycles. The van der Waals surface area contributed by atoms with Crippen LogP contribution in [0.25, 0.3) is 10.8 Å². The van der Waals surface area contributed by atoms with Gasteiger partial charge in [-0.25, -0.2) is 4.79 Å². The number of hydrogen-bond donors (Lipinski definition) is 1. The molecule has 1 fully saturated rings. The van der Waals surface area contributed by atoms with Crippen LogP contribution in [0.3, 0.4) is 0 Å². The summed E-state index contributed by atoms with van der Waals surface area (Å²) in [7, 11) is 0. The molecular weight excluding hydrogens is 362 g/mol. The summed E-state index contributed by atoms with van der Waals surface area (Å²) in [5.41, 5.74) is 0.784. The van der Waals surface area contributed by atoms with Crippen molar-refractivity contribution in [3.05, 3.63) is 42.5 Å². The fraction of sp³-hybridized carbons (Fsp3) is 0.350.